The van der Waals surface area contributed by atoms with E-state index >= 15 is 0 Å². The monoisotopic (exact) mass is 346 g/mol. The van der Waals surface area contributed by atoms with Gasteiger partial charge in [-0.15, -0.1) is 0 Å². The van der Waals surface area contributed by atoms with Gasteiger partial charge in [-0.25, -0.2) is 0 Å². The highest BCUT2D eigenvalue weighted by Gasteiger charge is 2.57. The molecule has 2 saturated carbocycles. The Morgan fingerprint density at radius 2 is 1.78 bits per heavy atom. The van der Waals surface area contributed by atoms with Gasteiger partial charge in [0, 0.05) is 24.7 Å². The van der Waals surface area contributed by atoms with Crippen molar-refractivity contribution in [1.29, 1.82) is 0 Å². The van der Waals surface area contributed by atoms with Crippen molar-refractivity contribution in [2.24, 2.45) is 16.7 Å². The van der Waals surface area contributed by atoms with Crippen LogP contribution in [0.3, 0.4) is 0 Å². The molecule has 132 valence electrons. The van der Waals surface area contributed by atoms with E-state index in [0.717, 1.165) is 6.26 Å². The van der Waals surface area contributed by atoms with Crippen LogP contribution < -0.4 is 0 Å². The summed E-state index contributed by atoms with van der Waals surface area (Å²) in [7, 11) is -3.64. The van der Waals surface area contributed by atoms with Crippen LogP contribution in [0.15, 0.2) is 0 Å². The first-order chi connectivity index (χ1) is 10.3. The first-order valence-corrected chi connectivity index (χ1v) is 9.72. The van der Waals surface area contributed by atoms with Gasteiger partial charge in [-0.2, -0.15) is 8.42 Å². The Bertz CT molecular complexity index is 608. The van der Waals surface area contributed by atoms with E-state index in [9.17, 15) is 18.0 Å². The molecule has 2 aliphatic rings. The predicted molar refractivity (Wildman–Crippen MR) is 84.1 cm³/mol. The van der Waals surface area contributed by atoms with Crippen LogP contribution >= 0.6 is 0 Å². The molecular weight excluding hydrogens is 320 g/mol. The number of fused-ring (bicyclic) bond motifs is 1. The molecule has 0 spiro atoms. The lowest BCUT2D eigenvalue weighted by Crippen LogP contribution is -2.57. The maximum Gasteiger partial charge on any atom is 0.302 e. The van der Waals surface area contributed by atoms with E-state index in [1.54, 1.807) is 0 Å². The van der Waals surface area contributed by atoms with Crippen LogP contribution in [0.2, 0.25) is 0 Å². The fraction of sp³-hybridized carbons (Fsp3) is 0.875. The Morgan fingerprint density at radius 1 is 1.17 bits per heavy atom. The van der Waals surface area contributed by atoms with E-state index in [2.05, 4.69) is 0 Å². The maximum absolute atomic E-state index is 12.6. The van der Waals surface area contributed by atoms with Crippen LogP contribution in [-0.4, -0.2) is 38.6 Å². The van der Waals surface area contributed by atoms with Crippen LogP contribution in [0.5, 0.6) is 0 Å². The number of carbonyl (C=O) groups is 2. The molecule has 0 unspecified atom stereocenters. The largest absolute Gasteiger partial charge is 0.462 e. The minimum Gasteiger partial charge on any atom is -0.462 e. The quantitative estimate of drug-likeness (QED) is 0.574. The van der Waals surface area contributed by atoms with Crippen molar-refractivity contribution in [3.8, 4) is 0 Å². The third kappa shape index (κ3) is 4.12. The highest BCUT2D eigenvalue weighted by Crippen LogP contribution is 2.55. The van der Waals surface area contributed by atoms with Crippen LogP contribution in [0.4, 0.5) is 0 Å². The summed E-state index contributed by atoms with van der Waals surface area (Å²) in [6.07, 6.45) is 1.81. The van der Waals surface area contributed by atoms with Gasteiger partial charge in [0.25, 0.3) is 10.1 Å². The van der Waals surface area contributed by atoms with Crippen molar-refractivity contribution in [1.82, 2.24) is 0 Å². The number of ketones is 1. The summed E-state index contributed by atoms with van der Waals surface area (Å²) in [5.74, 6) is -0.675. The molecule has 0 saturated heterocycles. The second-order valence-corrected chi connectivity index (χ2v) is 9.63. The topological polar surface area (TPSA) is 86.7 Å². The fourth-order valence-corrected chi connectivity index (χ4v) is 4.90. The zero-order valence-corrected chi connectivity index (χ0v) is 15.2. The Morgan fingerprint density at radius 3 is 2.30 bits per heavy atom. The van der Waals surface area contributed by atoms with Crippen LogP contribution in [0.1, 0.15) is 53.4 Å². The zero-order chi connectivity index (χ0) is 17.6. The van der Waals surface area contributed by atoms with E-state index in [4.69, 9.17) is 8.92 Å². The molecule has 2 rings (SSSR count). The first kappa shape index (κ1) is 18.4. The van der Waals surface area contributed by atoms with Crippen LogP contribution in [0, 0.1) is 16.7 Å². The second kappa shape index (κ2) is 5.84. The van der Waals surface area contributed by atoms with Crippen molar-refractivity contribution in [3.05, 3.63) is 0 Å². The smallest absolute Gasteiger partial charge is 0.302 e. The Hall–Kier alpha value is -0.950. The zero-order valence-electron chi connectivity index (χ0n) is 14.4. The minimum absolute atomic E-state index is 0.0277. The van der Waals surface area contributed by atoms with Gasteiger partial charge in [-0.05, 0) is 24.7 Å². The first-order valence-electron chi connectivity index (χ1n) is 7.91. The van der Waals surface area contributed by atoms with Crippen molar-refractivity contribution in [3.63, 3.8) is 0 Å². The standard InChI is InChI=1S/C16H26O6S/c1-10(17)21-11-6-13(18)12-8-15(2,3)9-14(16(12,4)7-11)22-23(5,19)20/h11-12,14H,6-9H2,1-5H3/t11-,12-,14-,16-/m1/s1. The molecular formula is C16H26O6S. The van der Waals surface area contributed by atoms with Gasteiger partial charge in [0.2, 0.25) is 0 Å². The number of ether oxygens (including phenoxy) is 1. The Kier molecular flexibility index (Phi) is 4.67. The molecule has 0 N–H and O–H groups in total. The minimum atomic E-state index is -3.64. The molecule has 2 aliphatic carbocycles. The van der Waals surface area contributed by atoms with Gasteiger partial charge in [0.1, 0.15) is 11.9 Å². The predicted octanol–water partition coefficient (Wildman–Crippen LogP) is 2.07. The van der Waals surface area contributed by atoms with Crippen molar-refractivity contribution < 1.29 is 26.9 Å². The van der Waals surface area contributed by atoms with Crippen LogP contribution in [-0.2, 0) is 28.6 Å². The summed E-state index contributed by atoms with van der Waals surface area (Å²) < 4.78 is 34.0. The van der Waals surface area contributed by atoms with Gasteiger partial charge in [0.05, 0.1) is 12.4 Å². The summed E-state index contributed by atoms with van der Waals surface area (Å²) in [5, 5.41) is 0. The molecule has 0 aromatic heterocycles. The molecule has 0 radical (unpaired) electrons. The van der Waals surface area contributed by atoms with Crippen molar-refractivity contribution in [2.45, 2.75) is 65.6 Å². The number of esters is 1. The molecule has 2 fully saturated rings. The van der Waals surface area contributed by atoms with E-state index in [-0.39, 0.29) is 23.5 Å². The number of carbonyl (C=O) groups excluding carboxylic acids is 2. The number of rotatable bonds is 3. The molecule has 4 atom stereocenters. The van der Waals surface area contributed by atoms with Gasteiger partial charge < -0.3 is 4.74 Å². The molecule has 6 nitrogen and oxygen atoms in total. The average Bonchev–Trinajstić information content (AvgIpc) is 2.29. The maximum atomic E-state index is 12.6. The number of hydrogen-bond acceptors (Lipinski definition) is 6. The third-order valence-corrected chi connectivity index (χ3v) is 5.72. The molecule has 0 bridgehead atoms. The summed E-state index contributed by atoms with van der Waals surface area (Å²) in [6, 6.07) is 0. The summed E-state index contributed by atoms with van der Waals surface area (Å²) in [5.41, 5.74) is -0.822. The highest BCUT2D eigenvalue weighted by atomic mass is 32.2. The van der Waals surface area contributed by atoms with E-state index in [1.807, 2.05) is 20.8 Å². The molecule has 0 heterocycles. The highest BCUT2D eigenvalue weighted by molar-refractivity contribution is 7.86. The number of Topliss-reactive ketones (excluding diaryl/α,β-unsaturated/α-hetero) is 1. The molecule has 0 aromatic rings. The van der Waals surface area contributed by atoms with Gasteiger partial charge in [0.15, 0.2) is 0 Å². The van der Waals surface area contributed by atoms with E-state index in [0.29, 0.717) is 19.3 Å². The van der Waals surface area contributed by atoms with Crippen LogP contribution in [0.25, 0.3) is 0 Å². The second-order valence-electron chi connectivity index (χ2n) is 8.03. The molecule has 0 aliphatic heterocycles. The van der Waals surface area contributed by atoms with E-state index in [1.165, 1.54) is 6.92 Å². The van der Waals surface area contributed by atoms with Gasteiger partial charge in [-0.3, -0.25) is 13.8 Å². The molecule has 0 aromatic carbocycles. The molecule has 23 heavy (non-hydrogen) atoms. The SMILES string of the molecule is CC(=O)O[C@@H]1CC(=O)[C@H]2CC(C)(C)C[C@@H](OS(C)(=O)=O)[C@]2(C)C1. The average molecular weight is 346 g/mol. The van der Waals surface area contributed by atoms with Gasteiger partial charge in [-0.1, -0.05) is 20.8 Å². The lowest BCUT2D eigenvalue weighted by Gasteiger charge is -2.54. The summed E-state index contributed by atoms with van der Waals surface area (Å²) >= 11 is 0. The Labute approximate surface area is 138 Å². The fourth-order valence-electron chi connectivity index (χ4n) is 4.19. The van der Waals surface area contributed by atoms with Gasteiger partial charge >= 0.3 is 5.97 Å². The lowest BCUT2D eigenvalue weighted by molar-refractivity contribution is -0.168. The van der Waals surface area contributed by atoms with Crippen molar-refractivity contribution >= 4 is 21.9 Å². The lowest BCUT2D eigenvalue weighted by atomic mass is 9.53. The summed E-state index contributed by atoms with van der Waals surface area (Å²) in [6.45, 7) is 7.25. The van der Waals surface area contributed by atoms with E-state index < -0.39 is 33.7 Å². The van der Waals surface area contributed by atoms with Crippen molar-refractivity contribution in [2.75, 3.05) is 6.26 Å². The molecule has 7 heteroatoms. The normalized spacial score (nSPS) is 37.1. The Balaban J connectivity index is 2.36. The summed E-state index contributed by atoms with van der Waals surface area (Å²) in [4.78, 5) is 23.9. The molecule has 0 amide bonds. The third-order valence-electron chi connectivity index (χ3n) is 5.13. The number of hydrogen-bond donors (Lipinski definition) is 0.